The molecule has 2 aliphatic heterocycles. The molecule has 2 saturated heterocycles. The number of imidazole rings is 1. The standard InChI is InChI=1S/C41H44N4O6/c1-2-23-49-41(48)42-25-32-7-3-4-8-35(32)29-15-17-31(18-16-29)39-50-34(24-38(51-39)30-13-11-28(27-46)12-14-30)26-44-21-19-33(20-22-44)45-37-10-6-5-9-36(37)43-40(45)47/h2-18,33-34,38-39,46H,1,19-27H2,(H,42,48)(H,43,47)/t34-,38+,39+/m1/s1. The summed E-state index contributed by atoms with van der Waals surface area (Å²) in [5.41, 5.74) is 7.60. The summed E-state index contributed by atoms with van der Waals surface area (Å²) >= 11 is 0. The Labute approximate surface area is 297 Å². The van der Waals surface area contributed by atoms with Crippen LogP contribution < -0.4 is 11.0 Å². The normalized spacial score (nSPS) is 19.9. The highest BCUT2D eigenvalue weighted by molar-refractivity contribution is 5.75. The number of rotatable bonds is 11. The molecule has 1 amide bonds. The number of hydrogen-bond donors (Lipinski definition) is 3. The van der Waals surface area contributed by atoms with Crippen LogP contribution in [0.2, 0.25) is 0 Å². The molecule has 10 nitrogen and oxygen atoms in total. The summed E-state index contributed by atoms with van der Waals surface area (Å²) < 4.78 is 20.3. The van der Waals surface area contributed by atoms with Crippen molar-refractivity contribution in [2.45, 2.75) is 57.0 Å². The first-order valence-corrected chi connectivity index (χ1v) is 17.6. The van der Waals surface area contributed by atoms with E-state index in [4.69, 9.17) is 14.2 Å². The highest BCUT2D eigenvalue weighted by Gasteiger charge is 2.34. The van der Waals surface area contributed by atoms with Gasteiger partial charge in [-0.1, -0.05) is 97.6 Å². The van der Waals surface area contributed by atoms with Crippen LogP contribution in [0.1, 0.15) is 60.0 Å². The number of likely N-dealkylation sites (tertiary alicyclic amines) is 1. The number of carbonyl (C=O) groups excluding carboxylic acids is 1. The molecule has 2 aliphatic rings. The Balaban J connectivity index is 1.05. The van der Waals surface area contributed by atoms with E-state index in [2.05, 4.69) is 33.9 Å². The zero-order valence-corrected chi connectivity index (χ0v) is 28.6. The zero-order chi connectivity index (χ0) is 35.2. The van der Waals surface area contributed by atoms with Crippen LogP contribution in [0, 0.1) is 0 Å². The Morgan fingerprint density at radius 2 is 1.67 bits per heavy atom. The number of aromatic amines is 1. The lowest BCUT2D eigenvalue weighted by molar-refractivity contribution is -0.253. The molecule has 3 heterocycles. The molecular formula is C41H44N4O6. The van der Waals surface area contributed by atoms with Crippen LogP contribution in [-0.2, 0) is 27.4 Å². The van der Waals surface area contributed by atoms with Crippen LogP contribution in [0.4, 0.5) is 4.79 Å². The number of aromatic nitrogens is 2. The monoisotopic (exact) mass is 688 g/mol. The highest BCUT2D eigenvalue weighted by atomic mass is 16.7. The Morgan fingerprint density at radius 3 is 2.43 bits per heavy atom. The summed E-state index contributed by atoms with van der Waals surface area (Å²) in [5.74, 6) is 0. The van der Waals surface area contributed by atoms with Gasteiger partial charge in [-0.2, -0.15) is 0 Å². The minimum absolute atomic E-state index is 0.00821. The maximum Gasteiger partial charge on any atom is 0.407 e. The zero-order valence-electron chi connectivity index (χ0n) is 28.6. The van der Waals surface area contributed by atoms with Crippen LogP contribution in [0.25, 0.3) is 22.2 Å². The Kier molecular flexibility index (Phi) is 10.7. The molecule has 0 aliphatic carbocycles. The summed E-state index contributed by atoms with van der Waals surface area (Å²) in [5, 5.41) is 12.4. The van der Waals surface area contributed by atoms with E-state index in [1.165, 1.54) is 6.08 Å². The molecule has 3 N–H and O–H groups in total. The topological polar surface area (TPSA) is 118 Å². The van der Waals surface area contributed by atoms with Gasteiger partial charge in [-0.15, -0.1) is 0 Å². The molecule has 2 fully saturated rings. The number of carbonyl (C=O) groups is 1. The smallest absolute Gasteiger partial charge is 0.407 e. The number of alkyl carbamates (subject to hydrolysis) is 1. The molecule has 0 saturated carbocycles. The van der Waals surface area contributed by atoms with Gasteiger partial charge in [-0.05, 0) is 52.8 Å². The van der Waals surface area contributed by atoms with Crippen LogP contribution in [-0.4, -0.2) is 58.0 Å². The first kappa shape index (κ1) is 34.4. The van der Waals surface area contributed by atoms with Crippen LogP contribution >= 0.6 is 0 Å². The number of ether oxygens (including phenoxy) is 3. The lowest BCUT2D eigenvalue weighted by Crippen LogP contribution is -2.43. The van der Waals surface area contributed by atoms with Crippen molar-refractivity contribution >= 4 is 17.1 Å². The number of piperidine rings is 1. The number of nitrogens with one attached hydrogen (secondary N) is 2. The van der Waals surface area contributed by atoms with Gasteiger partial charge in [0.25, 0.3) is 0 Å². The maximum atomic E-state index is 12.8. The molecule has 0 spiro atoms. The summed E-state index contributed by atoms with van der Waals surface area (Å²) in [4.78, 5) is 30.3. The second-order valence-electron chi connectivity index (χ2n) is 13.2. The molecule has 5 aromatic rings. The predicted molar refractivity (Wildman–Crippen MR) is 196 cm³/mol. The number of para-hydroxylation sites is 2. The van der Waals surface area contributed by atoms with Gasteiger partial charge < -0.3 is 34.5 Å². The van der Waals surface area contributed by atoms with E-state index in [1.54, 1.807) is 0 Å². The van der Waals surface area contributed by atoms with Gasteiger partial charge in [0.15, 0.2) is 6.29 Å². The van der Waals surface area contributed by atoms with E-state index in [1.807, 2.05) is 89.5 Å². The van der Waals surface area contributed by atoms with Gasteiger partial charge in [0.05, 0.1) is 29.8 Å². The summed E-state index contributed by atoms with van der Waals surface area (Å²) in [6, 6.07) is 32.1. The average Bonchev–Trinajstić information content (AvgIpc) is 3.52. The van der Waals surface area contributed by atoms with E-state index in [9.17, 15) is 14.7 Å². The second-order valence-corrected chi connectivity index (χ2v) is 13.2. The lowest BCUT2D eigenvalue weighted by atomic mass is 9.97. The van der Waals surface area contributed by atoms with Crippen molar-refractivity contribution in [2.75, 3.05) is 26.2 Å². The predicted octanol–water partition coefficient (Wildman–Crippen LogP) is 6.78. The van der Waals surface area contributed by atoms with Crippen molar-refractivity contribution in [1.82, 2.24) is 19.8 Å². The van der Waals surface area contributed by atoms with E-state index in [0.717, 1.165) is 76.9 Å². The van der Waals surface area contributed by atoms with E-state index in [0.29, 0.717) is 13.0 Å². The number of hydrogen-bond acceptors (Lipinski definition) is 7. The molecule has 1 aromatic heterocycles. The van der Waals surface area contributed by atoms with E-state index >= 15 is 0 Å². The summed E-state index contributed by atoms with van der Waals surface area (Å²) in [6.07, 6.45) is 2.68. The van der Waals surface area contributed by atoms with Crippen molar-refractivity contribution in [3.05, 3.63) is 142 Å². The third-order valence-corrected chi connectivity index (χ3v) is 9.89. The molecule has 264 valence electrons. The number of aliphatic hydroxyl groups excluding tert-OH is 1. The fourth-order valence-corrected chi connectivity index (χ4v) is 7.25. The van der Waals surface area contributed by atoms with Gasteiger partial charge >= 0.3 is 11.8 Å². The van der Waals surface area contributed by atoms with Crippen molar-refractivity contribution < 1.29 is 24.1 Å². The molecule has 3 atom stereocenters. The molecule has 10 heteroatoms. The average molecular weight is 689 g/mol. The second kappa shape index (κ2) is 15.9. The molecule has 4 aromatic carbocycles. The Morgan fingerprint density at radius 1 is 0.941 bits per heavy atom. The Hall–Kier alpha value is -5.00. The number of benzene rings is 4. The molecule has 51 heavy (non-hydrogen) atoms. The number of aliphatic hydroxyl groups is 1. The number of nitrogens with zero attached hydrogens (tertiary/aromatic N) is 2. The minimum atomic E-state index is -0.570. The first-order valence-electron chi connectivity index (χ1n) is 17.6. The molecule has 7 rings (SSSR count). The molecule has 0 bridgehead atoms. The maximum absolute atomic E-state index is 12.8. The van der Waals surface area contributed by atoms with Gasteiger partial charge in [-0.3, -0.25) is 4.57 Å². The number of amides is 1. The summed E-state index contributed by atoms with van der Waals surface area (Å²) in [7, 11) is 0. The van der Waals surface area contributed by atoms with E-state index in [-0.39, 0.29) is 37.2 Å². The largest absolute Gasteiger partial charge is 0.445 e. The number of H-pyrrole nitrogens is 1. The van der Waals surface area contributed by atoms with Crippen LogP contribution in [0.5, 0.6) is 0 Å². The third kappa shape index (κ3) is 8.00. The van der Waals surface area contributed by atoms with Crippen molar-refractivity contribution in [2.24, 2.45) is 0 Å². The van der Waals surface area contributed by atoms with Gasteiger partial charge in [-0.25, -0.2) is 9.59 Å². The quantitative estimate of drug-likeness (QED) is 0.131. The fourth-order valence-electron chi connectivity index (χ4n) is 7.25. The van der Waals surface area contributed by atoms with E-state index < -0.39 is 12.4 Å². The van der Waals surface area contributed by atoms with Crippen molar-refractivity contribution in [3.8, 4) is 11.1 Å². The van der Waals surface area contributed by atoms with Gasteiger partial charge in [0.2, 0.25) is 0 Å². The first-order chi connectivity index (χ1) is 25.0. The number of fused-ring (bicyclic) bond motifs is 1. The Bertz CT molecular complexity index is 2000. The van der Waals surface area contributed by atoms with Crippen molar-refractivity contribution in [1.29, 1.82) is 0 Å². The van der Waals surface area contributed by atoms with Crippen molar-refractivity contribution in [3.63, 3.8) is 0 Å². The van der Waals surface area contributed by atoms with Crippen LogP contribution in [0.3, 0.4) is 0 Å². The fraction of sp³-hybridized carbons (Fsp3) is 0.317. The van der Waals surface area contributed by atoms with Crippen LogP contribution in [0.15, 0.2) is 115 Å². The lowest BCUT2D eigenvalue weighted by Gasteiger charge is -2.40. The molecule has 0 radical (unpaired) electrons. The summed E-state index contributed by atoms with van der Waals surface area (Å²) in [6.45, 7) is 6.55. The minimum Gasteiger partial charge on any atom is -0.445 e. The SMILES string of the molecule is C=CCOC(=O)NCc1ccccc1-c1ccc([C@H]2O[C@@H](CN3CCC(n4c(=O)[nH]c5ccccc54)CC3)C[C@@H](c3ccc(CO)cc3)O2)cc1. The van der Waals surface area contributed by atoms with Gasteiger partial charge in [0.1, 0.15) is 6.61 Å². The van der Waals surface area contributed by atoms with Gasteiger partial charge in [0, 0.05) is 44.2 Å². The molecule has 0 unspecified atom stereocenters. The molecular weight excluding hydrogens is 644 g/mol. The highest BCUT2D eigenvalue weighted by Crippen LogP contribution is 2.39. The third-order valence-electron chi connectivity index (χ3n) is 9.89.